The van der Waals surface area contributed by atoms with E-state index in [-0.39, 0.29) is 5.78 Å². The van der Waals surface area contributed by atoms with Crippen LogP contribution in [-0.2, 0) is 0 Å². The zero-order valence-corrected chi connectivity index (χ0v) is 10.9. The number of ether oxygens (including phenoxy) is 1. The van der Waals surface area contributed by atoms with Gasteiger partial charge in [0.05, 0.1) is 18.3 Å². The Balaban J connectivity index is 2.85. The molecular weight excluding hydrogens is 270 g/mol. The normalized spacial score (nSPS) is 10.8. The van der Waals surface area contributed by atoms with E-state index in [0.29, 0.717) is 5.69 Å². The van der Waals surface area contributed by atoms with Gasteiger partial charge in [-0.1, -0.05) is 15.9 Å². The number of aryl methyl sites for hydroxylation is 1. The number of aromatic amines is 1. The minimum Gasteiger partial charge on any atom is -0.495 e. The Labute approximate surface area is 102 Å². The summed E-state index contributed by atoms with van der Waals surface area (Å²) >= 11 is 3.43. The van der Waals surface area contributed by atoms with Crippen molar-refractivity contribution in [3.63, 3.8) is 0 Å². The van der Waals surface area contributed by atoms with Crippen molar-refractivity contribution in [2.45, 2.75) is 13.8 Å². The van der Waals surface area contributed by atoms with Gasteiger partial charge in [-0.2, -0.15) is 0 Å². The first-order chi connectivity index (χ1) is 7.54. The van der Waals surface area contributed by atoms with Crippen LogP contribution in [0.3, 0.4) is 0 Å². The molecule has 1 heterocycles. The number of methoxy groups -OCH3 is 1. The molecule has 0 amide bonds. The Hall–Kier alpha value is -1.29. The van der Waals surface area contributed by atoms with Gasteiger partial charge < -0.3 is 9.72 Å². The molecule has 4 heteroatoms. The standard InChI is InChI=1S/C12H12BrNO2/c1-6-9-4-8(13)5-10(16-3)12(9)14-11(6)7(2)15/h4-5,14H,1-3H3. The molecule has 0 saturated heterocycles. The van der Waals surface area contributed by atoms with Crippen LogP contribution in [0.5, 0.6) is 5.75 Å². The highest BCUT2D eigenvalue weighted by atomic mass is 79.9. The summed E-state index contributed by atoms with van der Waals surface area (Å²) in [5.74, 6) is 0.770. The van der Waals surface area contributed by atoms with Crippen molar-refractivity contribution in [2.75, 3.05) is 7.11 Å². The highest BCUT2D eigenvalue weighted by Gasteiger charge is 2.14. The van der Waals surface area contributed by atoms with E-state index in [9.17, 15) is 4.79 Å². The van der Waals surface area contributed by atoms with Crippen molar-refractivity contribution in [1.29, 1.82) is 0 Å². The molecule has 0 atom stereocenters. The predicted molar refractivity (Wildman–Crippen MR) is 67.3 cm³/mol. The topological polar surface area (TPSA) is 42.1 Å². The molecular formula is C12H12BrNO2. The maximum absolute atomic E-state index is 11.4. The fourth-order valence-electron chi connectivity index (χ4n) is 1.87. The van der Waals surface area contributed by atoms with Crippen LogP contribution >= 0.6 is 15.9 Å². The summed E-state index contributed by atoms with van der Waals surface area (Å²) in [5, 5.41) is 1.01. The maximum Gasteiger partial charge on any atom is 0.176 e. The number of Topliss-reactive ketones (excluding diaryl/α,β-unsaturated/α-hetero) is 1. The monoisotopic (exact) mass is 281 g/mol. The van der Waals surface area contributed by atoms with Gasteiger partial charge in [0.15, 0.2) is 5.78 Å². The van der Waals surface area contributed by atoms with E-state index in [1.165, 1.54) is 0 Å². The number of halogens is 1. The van der Waals surface area contributed by atoms with Crippen LogP contribution in [-0.4, -0.2) is 17.9 Å². The van der Waals surface area contributed by atoms with Crippen LogP contribution < -0.4 is 4.74 Å². The Kier molecular flexibility index (Phi) is 2.76. The molecule has 0 bridgehead atoms. The van der Waals surface area contributed by atoms with Gasteiger partial charge in [0.25, 0.3) is 0 Å². The van der Waals surface area contributed by atoms with E-state index in [2.05, 4.69) is 20.9 Å². The second kappa shape index (κ2) is 3.94. The van der Waals surface area contributed by atoms with Crippen LogP contribution in [0, 0.1) is 6.92 Å². The average molecular weight is 282 g/mol. The van der Waals surface area contributed by atoms with E-state index in [0.717, 1.165) is 26.7 Å². The number of carbonyl (C=O) groups excluding carboxylic acids is 1. The number of hydrogen-bond donors (Lipinski definition) is 1. The lowest BCUT2D eigenvalue weighted by molar-refractivity contribution is 0.101. The number of H-pyrrole nitrogens is 1. The van der Waals surface area contributed by atoms with Crippen molar-refractivity contribution in [1.82, 2.24) is 4.98 Å². The summed E-state index contributed by atoms with van der Waals surface area (Å²) in [6.07, 6.45) is 0. The predicted octanol–water partition coefficient (Wildman–Crippen LogP) is 3.45. The fraction of sp³-hybridized carbons (Fsp3) is 0.250. The molecule has 0 aliphatic heterocycles. The molecule has 0 radical (unpaired) electrons. The molecule has 0 fully saturated rings. The number of rotatable bonds is 2. The number of ketones is 1. The average Bonchev–Trinajstić information content (AvgIpc) is 2.55. The maximum atomic E-state index is 11.4. The lowest BCUT2D eigenvalue weighted by atomic mass is 10.1. The molecule has 84 valence electrons. The van der Waals surface area contributed by atoms with E-state index < -0.39 is 0 Å². The lowest BCUT2D eigenvalue weighted by Crippen LogP contribution is -1.93. The van der Waals surface area contributed by atoms with Crippen molar-refractivity contribution in [3.8, 4) is 5.75 Å². The molecule has 2 aromatic rings. The van der Waals surface area contributed by atoms with E-state index >= 15 is 0 Å². The van der Waals surface area contributed by atoms with Crippen molar-refractivity contribution < 1.29 is 9.53 Å². The van der Waals surface area contributed by atoms with Crippen LogP contribution in [0.15, 0.2) is 16.6 Å². The van der Waals surface area contributed by atoms with Crippen LogP contribution in [0.4, 0.5) is 0 Å². The second-order valence-corrected chi connectivity index (χ2v) is 4.63. The van der Waals surface area contributed by atoms with Gasteiger partial charge in [0.1, 0.15) is 5.75 Å². The fourth-order valence-corrected chi connectivity index (χ4v) is 2.31. The highest BCUT2D eigenvalue weighted by molar-refractivity contribution is 9.10. The largest absolute Gasteiger partial charge is 0.495 e. The van der Waals surface area contributed by atoms with Gasteiger partial charge in [-0.25, -0.2) is 0 Å². The third-order valence-corrected chi connectivity index (χ3v) is 3.13. The number of hydrogen-bond acceptors (Lipinski definition) is 2. The van der Waals surface area contributed by atoms with Crippen molar-refractivity contribution in [2.24, 2.45) is 0 Å². The number of carbonyl (C=O) groups is 1. The Bertz CT molecular complexity index is 572. The zero-order chi connectivity index (χ0) is 11.9. The van der Waals surface area contributed by atoms with Gasteiger partial charge >= 0.3 is 0 Å². The summed E-state index contributed by atoms with van der Waals surface area (Å²) in [4.78, 5) is 14.6. The minimum atomic E-state index is 0.0341. The van der Waals surface area contributed by atoms with E-state index in [1.807, 2.05) is 19.1 Å². The number of fused-ring (bicyclic) bond motifs is 1. The number of nitrogens with one attached hydrogen (secondary N) is 1. The lowest BCUT2D eigenvalue weighted by Gasteiger charge is -2.02. The molecule has 2 rings (SSSR count). The molecule has 1 aromatic heterocycles. The third kappa shape index (κ3) is 1.63. The van der Waals surface area contributed by atoms with Gasteiger partial charge in [0.2, 0.25) is 0 Å². The Morgan fingerprint density at radius 3 is 2.69 bits per heavy atom. The van der Waals surface area contributed by atoms with Crippen LogP contribution in [0.25, 0.3) is 10.9 Å². The first-order valence-electron chi connectivity index (χ1n) is 4.91. The van der Waals surface area contributed by atoms with Crippen LogP contribution in [0.1, 0.15) is 23.0 Å². The number of benzene rings is 1. The molecule has 1 N–H and O–H groups in total. The summed E-state index contributed by atoms with van der Waals surface area (Å²) in [7, 11) is 1.62. The molecule has 0 unspecified atom stereocenters. The smallest absolute Gasteiger partial charge is 0.176 e. The summed E-state index contributed by atoms with van der Waals surface area (Å²) in [5.41, 5.74) is 2.47. The summed E-state index contributed by atoms with van der Waals surface area (Å²) < 4.78 is 6.22. The van der Waals surface area contributed by atoms with Gasteiger partial charge in [-0.3, -0.25) is 4.79 Å². The van der Waals surface area contributed by atoms with Crippen molar-refractivity contribution in [3.05, 3.63) is 27.9 Å². The first-order valence-corrected chi connectivity index (χ1v) is 5.70. The first kappa shape index (κ1) is 11.2. The summed E-state index contributed by atoms with van der Waals surface area (Å²) in [6, 6.07) is 3.86. The SMILES string of the molecule is COc1cc(Br)cc2c(C)c(C(C)=O)[nH]c12. The molecule has 0 aliphatic rings. The molecule has 0 aliphatic carbocycles. The third-order valence-electron chi connectivity index (χ3n) is 2.67. The highest BCUT2D eigenvalue weighted by Crippen LogP contribution is 2.33. The second-order valence-electron chi connectivity index (χ2n) is 3.71. The summed E-state index contributed by atoms with van der Waals surface area (Å²) in [6.45, 7) is 3.49. The van der Waals surface area contributed by atoms with Gasteiger partial charge in [0, 0.05) is 16.8 Å². The quantitative estimate of drug-likeness (QED) is 0.857. The van der Waals surface area contributed by atoms with Crippen LogP contribution in [0.2, 0.25) is 0 Å². The van der Waals surface area contributed by atoms with Gasteiger partial charge in [-0.05, 0) is 24.6 Å². The molecule has 0 spiro atoms. The van der Waals surface area contributed by atoms with E-state index in [1.54, 1.807) is 14.0 Å². The van der Waals surface area contributed by atoms with Gasteiger partial charge in [-0.15, -0.1) is 0 Å². The molecule has 0 saturated carbocycles. The Morgan fingerprint density at radius 2 is 2.12 bits per heavy atom. The minimum absolute atomic E-state index is 0.0341. The van der Waals surface area contributed by atoms with Crippen molar-refractivity contribution >= 4 is 32.6 Å². The number of aromatic nitrogens is 1. The molecule has 3 nitrogen and oxygen atoms in total. The Morgan fingerprint density at radius 1 is 1.44 bits per heavy atom. The molecule has 16 heavy (non-hydrogen) atoms. The zero-order valence-electron chi connectivity index (χ0n) is 9.35. The molecule has 1 aromatic carbocycles. The van der Waals surface area contributed by atoms with E-state index in [4.69, 9.17) is 4.74 Å².